The Labute approximate surface area is 142 Å². The van der Waals surface area contributed by atoms with E-state index >= 15 is 0 Å². The van der Waals surface area contributed by atoms with E-state index in [1.165, 1.54) is 0 Å². The van der Waals surface area contributed by atoms with Crippen molar-refractivity contribution in [1.29, 1.82) is 0 Å². The fourth-order valence-electron chi connectivity index (χ4n) is 3.02. The van der Waals surface area contributed by atoms with Crippen LogP contribution in [0.5, 0.6) is 0 Å². The predicted octanol–water partition coefficient (Wildman–Crippen LogP) is 2.66. The molecule has 0 bridgehead atoms. The van der Waals surface area contributed by atoms with Crippen LogP contribution in [0.15, 0.2) is 29.3 Å². The predicted molar refractivity (Wildman–Crippen MR) is 90.7 cm³/mol. The third kappa shape index (κ3) is 2.60. The van der Waals surface area contributed by atoms with E-state index in [1.807, 2.05) is 21.6 Å². The molecule has 0 saturated carbocycles. The van der Waals surface area contributed by atoms with Gasteiger partial charge in [0.05, 0.1) is 22.4 Å². The lowest BCUT2D eigenvalue weighted by molar-refractivity contribution is 0.494. The van der Waals surface area contributed by atoms with Crippen LogP contribution < -0.4 is 4.90 Å². The summed E-state index contributed by atoms with van der Waals surface area (Å²) in [5.74, 6) is 2.08. The molecule has 1 aliphatic rings. The lowest BCUT2D eigenvalue weighted by Gasteiger charge is -2.20. The van der Waals surface area contributed by atoms with Crippen molar-refractivity contribution in [2.45, 2.75) is 32.2 Å². The van der Waals surface area contributed by atoms with Gasteiger partial charge in [-0.05, 0) is 28.3 Å². The highest BCUT2D eigenvalue weighted by atomic mass is 79.9. The Bertz CT molecular complexity index is 837. The largest absolute Gasteiger partial charge is 0.354 e. The molecule has 0 spiro atoms. The second kappa shape index (κ2) is 5.59. The van der Waals surface area contributed by atoms with Gasteiger partial charge >= 0.3 is 0 Å². The highest BCUT2D eigenvalue weighted by Crippen LogP contribution is 2.28. The van der Waals surface area contributed by atoms with Gasteiger partial charge < -0.3 is 4.90 Å². The van der Waals surface area contributed by atoms with Crippen molar-refractivity contribution >= 4 is 27.5 Å². The molecule has 0 N–H and O–H groups in total. The lowest BCUT2D eigenvalue weighted by Crippen LogP contribution is -2.24. The SMILES string of the molecule is CC(C)c1cc(N2CCC(n3cc(Br)cn3)C2)n2ncnc2n1. The molecule has 1 atom stereocenters. The van der Waals surface area contributed by atoms with Crippen LogP contribution in [0.2, 0.25) is 0 Å². The number of fused-ring (bicyclic) bond motifs is 1. The standard InChI is InChI=1S/C15H18BrN7/c1-10(2)13-5-14(23-15(20-13)17-9-19-23)21-4-3-12(8-21)22-7-11(16)6-18-22/h5-7,9-10,12H,3-4,8H2,1-2H3. The van der Waals surface area contributed by atoms with Crippen molar-refractivity contribution in [3.8, 4) is 0 Å². The van der Waals surface area contributed by atoms with Crippen LogP contribution in [0, 0.1) is 0 Å². The number of aromatic nitrogens is 6. The summed E-state index contributed by atoms with van der Waals surface area (Å²) in [4.78, 5) is 11.2. The Balaban J connectivity index is 1.68. The maximum absolute atomic E-state index is 4.59. The van der Waals surface area contributed by atoms with Crippen LogP contribution in [0.25, 0.3) is 5.78 Å². The summed E-state index contributed by atoms with van der Waals surface area (Å²) in [6.45, 7) is 6.17. The molecule has 7 nitrogen and oxygen atoms in total. The van der Waals surface area contributed by atoms with E-state index in [9.17, 15) is 0 Å². The van der Waals surface area contributed by atoms with Gasteiger partial charge in [-0.25, -0.2) is 4.98 Å². The third-order valence-electron chi connectivity index (χ3n) is 4.28. The Morgan fingerprint density at radius 3 is 2.91 bits per heavy atom. The Hall–Kier alpha value is -1.96. The van der Waals surface area contributed by atoms with Crippen molar-refractivity contribution in [2.75, 3.05) is 18.0 Å². The van der Waals surface area contributed by atoms with E-state index in [-0.39, 0.29) is 0 Å². The van der Waals surface area contributed by atoms with E-state index in [0.717, 1.165) is 35.5 Å². The van der Waals surface area contributed by atoms with Gasteiger partial charge in [0.15, 0.2) is 0 Å². The van der Waals surface area contributed by atoms with Gasteiger partial charge in [0.1, 0.15) is 12.1 Å². The van der Waals surface area contributed by atoms with Gasteiger partial charge in [0.25, 0.3) is 5.78 Å². The first-order chi connectivity index (χ1) is 11.1. The van der Waals surface area contributed by atoms with Gasteiger partial charge in [-0.1, -0.05) is 13.8 Å². The molecule has 4 rings (SSSR count). The molecule has 1 unspecified atom stereocenters. The van der Waals surface area contributed by atoms with Gasteiger partial charge in [-0.15, -0.1) is 0 Å². The summed E-state index contributed by atoms with van der Waals surface area (Å²) in [5.41, 5.74) is 1.05. The molecular weight excluding hydrogens is 358 g/mol. The van der Waals surface area contributed by atoms with Crippen LogP contribution in [0.3, 0.4) is 0 Å². The quantitative estimate of drug-likeness (QED) is 0.703. The first-order valence-electron chi connectivity index (χ1n) is 7.77. The van der Waals surface area contributed by atoms with Crippen LogP contribution in [0.1, 0.15) is 37.9 Å². The topological polar surface area (TPSA) is 64.1 Å². The summed E-state index contributed by atoms with van der Waals surface area (Å²) in [5, 5.41) is 8.76. The van der Waals surface area contributed by atoms with E-state index in [2.05, 4.69) is 60.9 Å². The highest BCUT2D eigenvalue weighted by molar-refractivity contribution is 9.10. The summed E-state index contributed by atoms with van der Waals surface area (Å²) in [6, 6.07) is 2.50. The molecule has 0 aromatic carbocycles. The van der Waals surface area contributed by atoms with Crippen LogP contribution in [0.4, 0.5) is 5.82 Å². The average molecular weight is 376 g/mol. The average Bonchev–Trinajstić information content (AvgIpc) is 3.25. The Kier molecular flexibility index (Phi) is 3.56. The van der Waals surface area contributed by atoms with Gasteiger partial charge in [-0.2, -0.15) is 19.7 Å². The Morgan fingerprint density at radius 2 is 2.17 bits per heavy atom. The number of anilines is 1. The molecule has 0 amide bonds. The monoisotopic (exact) mass is 375 g/mol. The molecule has 4 heterocycles. The van der Waals surface area contributed by atoms with Crippen LogP contribution >= 0.6 is 15.9 Å². The molecule has 1 aliphatic heterocycles. The smallest absolute Gasteiger partial charge is 0.254 e. The van der Waals surface area contributed by atoms with Gasteiger partial charge in [0.2, 0.25) is 0 Å². The number of hydrogen-bond acceptors (Lipinski definition) is 5. The molecule has 0 radical (unpaired) electrons. The maximum Gasteiger partial charge on any atom is 0.254 e. The number of hydrogen-bond donors (Lipinski definition) is 0. The van der Waals surface area contributed by atoms with E-state index in [0.29, 0.717) is 17.7 Å². The van der Waals surface area contributed by atoms with Crippen molar-refractivity contribution in [3.63, 3.8) is 0 Å². The lowest BCUT2D eigenvalue weighted by atomic mass is 10.1. The zero-order valence-corrected chi connectivity index (χ0v) is 14.7. The van der Waals surface area contributed by atoms with Crippen molar-refractivity contribution in [1.82, 2.24) is 29.4 Å². The molecule has 3 aromatic heterocycles. The normalized spacial score (nSPS) is 18.4. The first-order valence-corrected chi connectivity index (χ1v) is 8.56. The van der Waals surface area contributed by atoms with Crippen molar-refractivity contribution < 1.29 is 0 Å². The Morgan fingerprint density at radius 1 is 1.30 bits per heavy atom. The molecule has 8 heteroatoms. The molecule has 0 aliphatic carbocycles. The zero-order valence-electron chi connectivity index (χ0n) is 13.1. The number of nitrogens with zero attached hydrogens (tertiary/aromatic N) is 7. The second-order valence-electron chi connectivity index (χ2n) is 6.19. The number of rotatable bonds is 3. The fourth-order valence-corrected chi connectivity index (χ4v) is 3.32. The maximum atomic E-state index is 4.59. The summed E-state index contributed by atoms with van der Waals surface area (Å²) < 4.78 is 4.88. The van der Waals surface area contributed by atoms with E-state index in [4.69, 9.17) is 0 Å². The van der Waals surface area contributed by atoms with Crippen LogP contribution in [-0.2, 0) is 0 Å². The molecule has 23 heavy (non-hydrogen) atoms. The zero-order chi connectivity index (χ0) is 16.0. The minimum atomic E-state index is 0.357. The molecule has 120 valence electrons. The number of halogens is 1. The minimum absolute atomic E-state index is 0.357. The second-order valence-corrected chi connectivity index (χ2v) is 7.11. The third-order valence-corrected chi connectivity index (χ3v) is 4.69. The van der Waals surface area contributed by atoms with Gasteiger partial charge in [-0.3, -0.25) is 4.68 Å². The first kappa shape index (κ1) is 14.6. The summed E-state index contributed by atoms with van der Waals surface area (Å²) in [7, 11) is 0. The van der Waals surface area contributed by atoms with E-state index < -0.39 is 0 Å². The van der Waals surface area contributed by atoms with E-state index in [1.54, 1.807) is 6.33 Å². The molecule has 1 fully saturated rings. The molecule has 3 aromatic rings. The molecular formula is C15H18BrN7. The van der Waals surface area contributed by atoms with Gasteiger partial charge in [0, 0.05) is 25.4 Å². The van der Waals surface area contributed by atoms with Crippen LogP contribution in [-0.4, -0.2) is 42.5 Å². The summed E-state index contributed by atoms with van der Waals surface area (Å²) in [6.07, 6.45) is 6.49. The summed E-state index contributed by atoms with van der Waals surface area (Å²) >= 11 is 3.46. The van der Waals surface area contributed by atoms with Crippen molar-refractivity contribution in [2.24, 2.45) is 0 Å². The highest BCUT2D eigenvalue weighted by Gasteiger charge is 2.27. The minimum Gasteiger partial charge on any atom is -0.354 e. The fraction of sp³-hybridized carbons (Fsp3) is 0.467. The molecule has 1 saturated heterocycles. The van der Waals surface area contributed by atoms with Crippen molar-refractivity contribution in [3.05, 3.63) is 35.0 Å².